The van der Waals surface area contributed by atoms with E-state index in [4.69, 9.17) is 0 Å². The summed E-state index contributed by atoms with van der Waals surface area (Å²) in [6.07, 6.45) is 1.77. The minimum Gasteiger partial charge on any atom is -0.368 e. The van der Waals surface area contributed by atoms with E-state index in [1.165, 1.54) is 11.3 Å². The van der Waals surface area contributed by atoms with Crippen LogP contribution in [-0.2, 0) is 14.6 Å². The zero-order chi connectivity index (χ0) is 17.2. The molecular formula is C18H26N2O3S. The molecule has 3 rings (SSSR count). The first-order valence-electron chi connectivity index (χ1n) is 8.73. The molecule has 0 saturated carbocycles. The first kappa shape index (κ1) is 17.3. The molecule has 132 valence electrons. The van der Waals surface area contributed by atoms with E-state index in [0.29, 0.717) is 19.3 Å². The molecule has 0 aliphatic carbocycles. The van der Waals surface area contributed by atoms with Gasteiger partial charge in [-0.15, -0.1) is 0 Å². The van der Waals surface area contributed by atoms with Crippen molar-refractivity contribution < 1.29 is 13.2 Å². The molecule has 2 heterocycles. The van der Waals surface area contributed by atoms with Gasteiger partial charge >= 0.3 is 0 Å². The molecule has 2 fully saturated rings. The Kier molecular flexibility index (Phi) is 5.13. The average Bonchev–Trinajstić information content (AvgIpc) is 2.57. The van der Waals surface area contributed by atoms with Crippen molar-refractivity contribution in [3.8, 4) is 0 Å². The Morgan fingerprint density at radius 1 is 1.12 bits per heavy atom. The first-order valence-corrected chi connectivity index (χ1v) is 10.5. The highest BCUT2D eigenvalue weighted by molar-refractivity contribution is 7.91. The lowest BCUT2D eigenvalue weighted by molar-refractivity contribution is -0.132. The Balaban J connectivity index is 1.49. The lowest BCUT2D eigenvalue weighted by atomic mass is 9.98. The van der Waals surface area contributed by atoms with Crippen molar-refractivity contribution in [2.45, 2.75) is 26.2 Å². The Labute approximate surface area is 144 Å². The molecule has 1 amide bonds. The Morgan fingerprint density at radius 2 is 1.79 bits per heavy atom. The van der Waals surface area contributed by atoms with E-state index in [-0.39, 0.29) is 23.3 Å². The molecule has 0 atom stereocenters. The molecule has 2 aliphatic rings. The van der Waals surface area contributed by atoms with Crippen LogP contribution in [0.15, 0.2) is 24.3 Å². The van der Waals surface area contributed by atoms with Crippen LogP contribution in [0.3, 0.4) is 0 Å². The molecule has 24 heavy (non-hydrogen) atoms. The molecule has 0 unspecified atom stereocenters. The predicted molar refractivity (Wildman–Crippen MR) is 96.0 cm³/mol. The molecule has 0 N–H and O–H groups in total. The Bertz CT molecular complexity index is 680. The van der Waals surface area contributed by atoms with Crippen LogP contribution in [0.25, 0.3) is 0 Å². The van der Waals surface area contributed by atoms with E-state index in [9.17, 15) is 13.2 Å². The summed E-state index contributed by atoms with van der Waals surface area (Å²) < 4.78 is 23.0. The van der Waals surface area contributed by atoms with Crippen molar-refractivity contribution in [2.75, 3.05) is 42.6 Å². The van der Waals surface area contributed by atoms with Crippen LogP contribution in [0.4, 0.5) is 5.69 Å². The molecule has 0 bridgehead atoms. The second kappa shape index (κ2) is 7.13. The number of anilines is 1. The van der Waals surface area contributed by atoms with Gasteiger partial charge in [-0.3, -0.25) is 4.79 Å². The molecule has 0 radical (unpaired) electrons. The summed E-state index contributed by atoms with van der Waals surface area (Å²) in [7, 11) is -2.85. The van der Waals surface area contributed by atoms with Crippen LogP contribution in [0.1, 0.15) is 24.8 Å². The van der Waals surface area contributed by atoms with Gasteiger partial charge in [0.25, 0.3) is 0 Å². The van der Waals surface area contributed by atoms with Gasteiger partial charge in [-0.25, -0.2) is 8.42 Å². The van der Waals surface area contributed by atoms with Crippen LogP contribution in [0.5, 0.6) is 0 Å². The monoisotopic (exact) mass is 350 g/mol. The zero-order valence-corrected chi connectivity index (χ0v) is 15.1. The lowest BCUT2D eigenvalue weighted by Gasteiger charge is -2.37. The van der Waals surface area contributed by atoms with Crippen LogP contribution in [0.2, 0.25) is 0 Å². The van der Waals surface area contributed by atoms with Crippen molar-refractivity contribution in [2.24, 2.45) is 5.92 Å². The standard InChI is InChI=1S/C18H26N2O3S/c1-15-3-2-4-17(13-15)19-7-9-20(10-8-19)18(21)14-16-5-11-24(22,23)12-6-16/h2-4,13,16H,5-12,14H2,1H3. The topological polar surface area (TPSA) is 57.7 Å². The minimum absolute atomic E-state index is 0.184. The first-order chi connectivity index (χ1) is 11.4. The van der Waals surface area contributed by atoms with Crippen LogP contribution < -0.4 is 4.90 Å². The maximum atomic E-state index is 12.5. The van der Waals surface area contributed by atoms with Crippen molar-refractivity contribution in [1.29, 1.82) is 0 Å². The molecule has 2 aliphatic heterocycles. The summed E-state index contributed by atoms with van der Waals surface area (Å²) in [6, 6.07) is 8.46. The van der Waals surface area contributed by atoms with Crippen molar-refractivity contribution in [3.63, 3.8) is 0 Å². The van der Waals surface area contributed by atoms with Gasteiger partial charge in [0.15, 0.2) is 0 Å². The van der Waals surface area contributed by atoms with Gasteiger partial charge in [-0.1, -0.05) is 12.1 Å². The summed E-state index contributed by atoms with van der Waals surface area (Å²) in [6.45, 7) is 5.30. The molecule has 0 spiro atoms. The van der Waals surface area contributed by atoms with Crippen LogP contribution in [-0.4, -0.2) is 56.9 Å². The largest absolute Gasteiger partial charge is 0.368 e. The number of piperazine rings is 1. The van der Waals surface area contributed by atoms with E-state index in [1.54, 1.807) is 0 Å². The van der Waals surface area contributed by atoms with Crippen LogP contribution >= 0.6 is 0 Å². The van der Waals surface area contributed by atoms with E-state index in [0.717, 1.165) is 26.2 Å². The number of hydrogen-bond acceptors (Lipinski definition) is 4. The summed E-state index contributed by atoms with van der Waals surface area (Å²) in [5, 5.41) is 0. The average molecular weight is 350 g/mol. The van der Waals surface area contributed by atoms with Gasteiger partial charge in [0.1, 0.15) is 9.84 Å². The maximum absolute atomic E-state index is 12.5. The fourth-order valence-electron chi connectivity index (χ4n) is 3.56. The molecule has 1 aromatic carbocycles. The second-order valence-electron chi connectivity index (χ2n) is 7.01. The lowest BCUT2D eigenvalue weighted by Crippen LogP contribution is -2.49. The number of carbonyl (C=O) groups is 1. The highest BCUT2D eigenvalue weighted by atomic mass is 32.2. The smallest absolute Gasteiger partial charge is 0.222 e. The third-order valence-electron chi connectivity index (χ3n) is 5.14. The fraction of sp³-hybridized carbons (Fsp3) is 0.611. The molecule has 5 nitrogen and oxygen atoms in total. The van der Waals surface area contributed by atoms with E-state index in [2.05, 4.69) is 36.1 Å². The number of sulfone groups is 1. The third-order valence-corrected chi connectivity index (χ3v) is 6.85. The highest BCUT2D eigenvalue weighted by Crippen LogP contribution is 2.24. The quantitative estimate of drug-likeness (QED) is 0.835. The van der Waals surface area contributed by atoms with Crippen LogP contribution in [0, 0.1) is 12.8 Å². The van der Waals surface area contributed by atoms with E-state index in [1.807, 2.05) is 4.90 Å². The number of benzene rings is 1. The minimum atomic E-state index is -2.85. The normalized spacial score (nSPS) is 21.7. The third kappa shape index (κ3) is 4.29. The molecular weight excluding hydrogens is 324 g/mol. The van der Waals surface area contributed by atoms with Gasteiger partial charge in [-0.2, -0.15) is 0 Å². The van der Waals surface area contributed by atoms with Gasteiger partial charge in [0, 0.05) is 38.3 Å². The number of carbonyl (C=O) groups excluding carboxylic acids is 1. The fourth-order valence-corrected chi connectivity index (χ4v) is 5.15. The summed E-state index contributed by atoms with van der Waals surface area (Å²) in [5.74, 6) is 0.900. The number of amides is 1. The van der Waals surface area contributed by atoms with Crippen molar-refractivity contribution >= 4 is 21.4 Å². The summed E-state index contributed by atoms with van der Waals surface area (Å²) in [5.41, 5.74) is 2.47. The zero-order valence-electron chi connectivity index (χ0n) is 14.3. The predicted octanol–water partition coefficient (Wildman–Crippen LogP) is 1.86. The number of aryl methyl sites for hydroxylation is 1. The molecule has 6 heteroatoms. The summed E-state index contributed by atoms with van der Waals surface area (Å²) in [4.78, 5) is 16.7. The van der Waals surface area contributed by atoms with E-state index >= 15 is 0 Å². The van der Waals surface area contributed by atoms with Crippen molar-refractivity contribution in [3.05, 3.63) is 29.8 Å². The number of nitrogens with zero attached hydrogens (tertiary/aromatic N) is 2. The number of hydrogen-bond donors (Lipinski definition) is 0. The second-order valence-corrected chi connectivity index (χ2v) is 9.31. The molecule has 1 aromatic rings. The molecule has 2 saturated heterocycles. The van der Waals surface area contributed by atoms with E-state index < -0.39 is 9.84 Å². The van der Waals surface area contributed by atoms with Gasteiger partial charge in [0.2, 0.25) is 5.91 Å². The maximum Gasteiger partial charge on any atom is 0.222 e. The molecule has 0 aromatic heterocycles. The SMILES string of the molecule is Cc1cccc(N2CCN(C(=O)CC3CCS(=O)(=O)CC3)CC2)c1. The Morgan fingerprint density at radius 3 is 2.42 bits per heavy atom. The van der Waals surface area contributed by atoms with Gasteiger partial charge < -0.3 is 9.80 Å². The highest BCUT2D eigenvalue weighted by Gasteiger charge is 2.28. The van der Waals surface area contributed by atoms with Gasteiger partial charge in [0.05, 0.1) is 11.5 Å². The number of rotatable bonds is 3. The Hall–Kier alpha value is -1.56. The summed E-state index contributed by atoms with van der Waals surface area (Å²) >= 11 is 0. The van der Waals surface area contributed by atoms with Gasteiger partial charge in [-0.05, 0) is 43.4 Å². The van der Waals surface area contributed by atoms with Crippen molar-refractivity contribution in [1.82, 2.24) is 4.90 Å².